The second-order valence-corrected chi connectivity index (χ2v) is 6.99. The Morgan fingerprint density at radius 1 is 1.11 bits per heavy atom. The minimum absolute atomic E-state index is 0.0580. The molecule has 0 radical (unpaired) electrons. The number of hydrogen-bond donors (Lipinski definition) is 2. The zero-order valence-electron chi connectivity index (χ0n) is 14.3. The van der Waals surface area contributed by atoms with Gasteiger partial charge in [0, 0.05) is 28.2 Å². The first-order valence-electron chi connectivity index (χ1n) is 8.24. The van der Waals surface area contributed by atoms with E-state index in [0.29, 0.717) is 38.1 Å². The van der Waals surface area contributed by atoms with Crippen LogP contribution in [0.25, 0.3) is 10.9 Å². The number of benzene rings is 2. The number of aromatic nitrogens is 2. The van der Waals surface area contributed by atoms with Crippen molar-refractivity contribution in [3.63, 3.8) is 0 Å². The molecule has 5 nitrogen and oxygen atoms in total. The summed E-state index contributed by atoms with van der Waals surface area (Å²) in [6.07, 6.45) is 1.62. The van der Waals surface area contributed by atoms with Gasteiger partial charge in [-0.05, 0) is 42.8 Å². The Morgan fingerprint density at radius 3 is 2.59 bits per heavy atom. The molecular formula is C20H15Cl2N3O2. The van der Waals surface area contributed by atoms with Crippen molar-refractivity contribution in [3.05, 3.63) is 81.7 Å². The highest BCUT2D eigenvalue weighted by Crippen LogP contribution is 2.39. The lowest BCUT2D eigenvalue weighted by Gasteiger charge is -2.21. The number of pyridine rings is 1. The van der Waals surface area contributed by atoms with Gasteiger partial charge in [-0.15, -0.1) is 0 Å². The molecule has 1 atom stereocenters. The third-order valence-corrected chi connectivity index (χ3v) is 4.84. The molecule has 0 spiro atoms. The molecular weight excluding hydrogens is 385 g/mol. The number of rotatable bonds is 4. The van der Waals surface area contributed by atoms with Gasteiger partial charge in [-0.2, -0.15) is 0 Å². The molecule has 136 valence electrons. The summed E-state index contributed by atoms with van der Waals surface area (Å²) >= 11 is 12.5. The maximum atomic E-state index is 10.9. The molecule has 0 saturated heterocycles. The third kappa shape index (κ3) is 3.44. The van der Waals surface area contributed by atoms with Gasteiger partial charge in [0.1, 0.15) is 17.0 Å². The van der Waals surface area contributed by atoms with Gasteiger partial charge < -0.3 is 14.9 Å². The number of aromatic hydroxyl groups is 1. The molecule has 2 heterocycles. The first kappa shape index (κ1) is 17.6. The number of nitrogens with zero attached hydrogens (tertiary/aromatic N) is 2. The largest absolute Gasteiger partial charge is 0.505 e. The van der Waals surface area contributed by atoms with Crippen LogP contribution in [0.4, 0.5) is 5.82 Å². The zero-order valence-corrected chi connectivity index (χ0v) is 15.8. The summed E-state index contributed by atoms with van der Waals surface area (Å²) in [5, 5.41) is 20.0. The van der Waals surface area contributed by atoms with Gasteiger partial charge in [-0.3, -0.25) is 4.98 Å². The molecule has 0 unspecified atom stereocenters. The number of aryl methyl sites for hydroxylation is 1. The maximum absolute atomic E-state index is 10.9. The van der Waals surface area contributed by atoms with Crippen LogP contribution < -0.4 is 5.32 Å². The quantitative estimate of drug-likeness (QED) is 0.457. The van der Waals surface area contributed by atoms with E-state index in [1.54, 1.807) is 36.5 Å². The summed E-state index contributed by atoms with van der Waals surface area (Å²) in [5.74, 6) is 1.28. The smallest absolute Gasteiger partial charge is 0.170 e. The van der Waals surface area contributed by atoms with Crippen LogP contribution >= 0.6 is 23.2 Å². The molecule has 0 aliphatic carbocycles. The Labute approximate surface area is 165 Å². The van der Waals surface area contributed by atoms with Crippen molar-refractivity contribution in [3.8, 4) is 5.75 Å². The van der Waals surface area contributed by atoms with Crippen molar-refractivity contribution in [2.45, 2.75) is 13.0 Å². The number of phenols is 1. The van der Waals surface area contributed by atoms with Gasteiger partial charge >= 0.3 is 0 Å². The Bertz CT molecular complexity index is 1110. The number of hydrogen-bond acceptors (Lipinski definition) is 5. The van der Waals surface area contributed by atoms with E-state index in [0.717, 1.165) is 5.56 Å². The van der Waals surface area contributed by atoms with E-state index in [9.17, 15) is 5.11 Å². The van der Waals surface area contributed by atoms with Crippen LogP contribution in [0, 0.1) is 6.92 Å². The molecule has 27 heavy (non-hydrogen) atoms. The highest BCUT2D eigenvalue weighted by atomic mass is 35.5. The average Bonchev–Trinajstić information content (AvgIpc) is 3.09. The summed E-state index contributed by atoms with van der Waals surface area (Å²) in [6, 6.07) is 14.0. The fourth-order valence-corrected chi connectivity index (χ4v) is 3.40. The molecule has 0 saturated carbocycles. The van der Waals surface area contributed by atoms with Gasteiger partial charge in [-0.25, -0.2) is 0 Å². The summed E-state index contributed by atoms with van der Waals surface area (Å²) in [6.45, 7) is 1.81. The Morgan fingerprint density at radius 2 is 1.89 bits per heavy atom. The zero-order chi connectivity index (χ0) is 19.0. The third-order valence-electron chi connectivity index (χ3n) is 4.28. The minimum Gasteiger partial charge on any atom is -0.505 e. The van der Waals surface area contributed by atoms with Gasteiger partial charge in [0.2, 0.25) is 0 Å². The number of halogens is 2. The van der Waals surface area contributed by atoms with Crippen LogP contribution in [-0.4, -0.2) is 15.2 Å². The summed E-state index contributed by atoms with van der Waals surface area (Å²) in [7, 11) is 0. The number of fused-ring (bicyclic) bond motifs is 1. The van der Waals surface area contributed by atoms with E-state index < -0.39 is 6.04 Å². The van der Waals surface area contributed by atoms with Gasteiger partial charge in [0.05, 0.1) is 11.1 Å². The van der Waals surface area contributed by atoms with Crippen LogP contribution in [0.2, 0.25) is 10.0 Å². The molecule has 7 heteroatoms. The van der Waals surface area contributed by atoms with Gasteiger partial charge in [0.15, 0.2) is 5.82 Å². The van der Waals surface area contributed by atoms with E-state index in [2.05, 4.69) is 15.5 Å². The monoisotopic (exact) mass is 399 g/mol. The summed E-state index contributed by atoms with van der Waals surface area (Å²) in [4.78, 5) is 4.29. The highest BCUT2D eigenvalue weighted by molar-refractivity contribution is 6.35. The molecule has 0 aliphatic rings. The average molecular weight is 400 g/mol. The van der Waals surface area contributed by atoms with E-state index in [4.69, 9.17) is 27.7 Å². The molecule has 2 N–H and O–H groups in total. The number of anilines is 1. The fraction of sp³-hybridized carbons (Fsp3) is 0.100. The van der Waals surface area contributed by atoms with Gasteiger partial charge in [-0.1, -0.05) is 40.5 Å². The Balaban J connectivity index is 1.88. The molecule has 2 aromatic heterocycles. The Kier molecular flexibility index (Phi) is 4.64. The van der Waals surface area contributed by atoms with Crippen LogP contribution in [0.1, 0.15) is 22.9 Å². The lowest BCUT2D eigenvalue weighted by Crippen LogP contribution is -2.13. The van der Waals surface area contributed by atoms with Crippen LogP contribution in [-0.2, 0) is 0 Å². The molecule has 0 aliphatic heterocycles. The molecule has 4 aromatic rings. The first-order chi connectivity index (χ1) is 13.0. The van der Waals surface area contributed by atoms with Crippen molar-refractivity contribution in [1.29, 1.82) is 0 Å². The SMILES string of the molecule is Cc1cc(N[C@@H](c2ccc(Cl)cc2)c2cc(Cl)c3cccnc3c2O)no1. The van der Waals surface area contributed by atoms with E-state index >= 15 is 0 Å². The van der Waals surface area contributed by atoms with Crippen LogP contribution in [0.5, 0.6) is 5.75 Å². The van der Waals surface area contributed by atoms with E-state index in [-0.39, 0.29) is 5.75 Å². The minimum atomic E-state index is -0.435. The second kappa shape index (κ2) is 7.10. The van der Waals surface area contributed by atoms with Crippen molar-refractivity contribution in [2.24, 2.45) is 0 Å². The predicted octanol–water partition coefficient (Wildman–Crippen LogP) is 5.75. The van der Waals surface area contributed by atoms with E-state index in [1.807, 2.05) is 25.1 Å². The second-order valence-electron chi connectivity index (χ2n) is 6.15. The van der Waals surface area contributed by atoms with Crippen molar-refractivity contribution in [2.75, 3.05) is 5.32 Å². The highest BCUT2D eigenvalue weighted by Gasteiger charge is 2.22. The Hall–Kier alpha value is -2.76. The van der Waals surface area contributed by atoms with Crippen LogP contribution in [0.15, 0.2) is 59.3 Å². The topological polar surface area (TPSA) is 71.2 Å². The van der Waals surface area contributed by atoms with Crippen molar-refractivity contribution >= 4 is 39.9 Å². The lowest BCUT2D eigenvalue weighted by atomic mass is 9.96. The lowest BCUT2D eigenvalue weighted by molar-refractivity contribution is 0.399. The number of nitrogens with one attached hydrogen (secondary N) is 1. The summed E-state index contributed by atoms with van der Waals surface area (Å²) in [5.41, 5.74) is 1.90. The fourth-order valence-electron chi connectivity index (χ4n) is 3.00. The first-order valence-corrected chi connectivity index (χ1v) is 9.00. The maximum Gasteiger partial charge on any atom is 0.170 e. The number of phenolic OH excluding ortho intramolecular Hbond substituents is 1. The predicted molar refractivity (Wildman–Crippen MR) is 107 cm³/mol. The molecule has 0 fully saturated rings. The van der Waals surface area contributed by atoms with Crippen molar-refractivity contribution in [1.82, 2.24) is 10.1 Å². The molecule has 0 bridgehead atoms. The van der Waals surface area contributed by atoms with Gasteiger partial charge in [0.25, 0.3) is 0 Å². The summed E-state index contributed by atoms with van der Waals surface area (Å²) < 4.78 is 5.15. The molecule has 0 amide bonds. The molecule has 4 rings (SSSR count). The standard InChI is InChI=1S/C20H15Cl2N3O2/c1-11-9-17(25-27-11)24-18(12-4-6-13(21)7-5-12)15-10-16(22)14-3-2-8-23-19(14)20(15)26/h2-10,18,26H,1H3,(H,24,25)/t18-/m0/s1. The normalized spacial score (nSPS) is 12.3. The van der Waals surface area contributed by atoms with E-state index in [1.165, 1.54) is 0 Å². The molecule has 2 aromatic carbocycles. The van der Waals surface area contributed by atoms with Crippen LogP contribution in [0.3, 0.4) is 0 Å². The van der Waals surface area contributed by atoms with Crippen molar-refractivity contribution < 1.29 is 9.63 Å².